The molecule has 100 valence electrons. The molecule has 1 aromatic carbocycles. The van der Waals surface area contributed by atoms with E-state index in [0.717, 1.165) is 11.3 Å². The van der Waals surface area contributed by atoms with Gasteiger partial charge in [0.1, 0.15) is 0 Å². The molecular formula is C10H9BF4N4. The second-order valence-corrected chi connectivity index (χ2v) is 3.60. The fourth-order valence-electron chi connectivity index (χ4n) is 1.24. The van der Waals surface area contributed by atoms with E-state index in [2.05, 4.69) is 15.2 Å². The van der Waals surface area contributed by atoms with E-state index < -0.39 is 7.25 Å². The van der Waals surface area contributed by atoms with Gasteiger partial charge < -0.3 is 17.3 Å². The van der Waals surface area contributed by atoms with Gasteiger partial charge in [-0.3, -0.25) is 0 Å². The standard InChI is InChI=1S/C10H9N4.BF4/c1-7-2-4-8(5-3-7)9-6-10(12-11)14-13-9;2-1(3,4)5/h2-6H,1H3,(H,13,14);/q+1;-1. The lowest BCUT2D eigenvalue weighted by Gasteiger charge is -1.95. The average molecular weight is 272 g/mol. The molecule has 0 saturated heterocycles. The molecule has 2 rings (SSSR count). The average Bonchev–Trinajstić information content (AvgIpc) is 2.76. The zero-order chi connectivity index (χ0) is 14.5. The summed E-state index contributed by atoms with van der Waals surface area (Å²) in [5, 5.41) is 15.1. The number of aryl methyl sites for hydroxylation is 1. The molecule has 0 aliphatic rings. The van der Waals surface area contributed by atoms with Gasteiger partial charge in [0.05, 0.1) is 22.3 Å². The number of hydrogen-bond donors (Lipinski definition) is 1. The van der Waals surface area contributed by atoms with Gasteiger partial charge in [-0.15, -0.1) is 0 Å². The summed E-state index contributed by atoms with van der Waals surface area (Å²) in [4.78, 5) is 2.99. The predicted molar refractivity (Wildman–Crippen MR) is 63.7 cm³/mol. The highest BCUT2D eigenvalue weighted by Gasteiger charge is 2.20. The molecule has 0 spiro atoms. The molecule has 1 aromatic heterocycles. The Morgan fingerprint density at radius 3 is 2.11 bits per heavy atom. The van der Waals surface area contributed by atoms with Gasteiger partial charge in [-0.1, -0.05) is 29.8 Å². The summed E-state index contributed by atoms with van der Waals surface area (Å²) in [5.41, 5.74) is 3.08. The summed E-state index contributed by atoms with van der Waals surface area (Å²) in [6, 6.07) is 9.70. The van der Waals surface area contributed by atoms with Crippen molar-refractivity contribution in [3.05, 3.63) is 40.9 Å². The highest BCUT2D eigenvalue weighted by molar-refractivity contribution is 6.50. The van der Waals surface area contributed by atoms with E-state index in [9.17, 15) is 17.3 Å². The van der Waals surface area contributed by atoms with Gasteiger partial charge >= 0.3 is 13.1 Å². The van der Waals surface area contributed by atoms with Crippen molar-refractivity contribution in [3.8, 4) is 11.3 Å². The van der Waals surface area contributed by atoms with Crippen molar-refractivity contribution in [2.45, 2.75) is 6.92 Å². The molecule has 0 aliphatic heterocycles. The number of nitrogens with zero attached hydrogens (tertiary/aromatic N) is 3. The molecule has 0 unspecified atom stereocenters. The van der Waals surface area contributed by atoms with E-state index in [1.807, 2.05) is 31.2 Å². The van der Waals surface area contributed by atoms with Gasteiger partial charge in [-0.25, -0.2) is 0 Å². The zero-order valence-corrected chi connectivity index (χ0v) is 9.82. The first-order valence-corrected chi connectivity index (χ1v) is 5.14. The van der Waals surface area contributed by atoms with Crippen molar-refractivity contribution in [2.75, 3.05) is 0 Å². The lowest BCUT2D eigenvalue weighted by molar-refractivity contribution is 0.368. The fraction of sp³-hybridized carbons (Fsp3) is 0.100. The number of rotatable bonds is 1. The van der Waals surface area contributed by atoms with E-state index in [1.54, 1.807) is 6.07 Å². The number of aromatic amines is 1. The largest absolute Gasteiger partial charge is 0.673 e. The number of nitrogens with one attached hydrogen (secondary N) is 1. The smallest absolute Gasteiger partial charge is 0.418 e. The van der Waals surface area contributed by atoms with Crippen molar-refractivity contribution in [2.24, 2.45) is 0 Å². The first kappa shape index (κ1) is 14.7. The summed E-state index contributed by atoms with van der Waals surface area (Å²) >= 11 is 0. The van der Waals surface area contributed by atoms with Crippen LogP contribution in [0.2, 0.25) is 0 Å². The van der Waals surface area contributed by atoms with Crippen molar-refractivity contribution in [3.63, 3.8) is 0 Å². The number of benzene rings is 1. The Labute approximate surface area is 106 Å². The maximum atomic E-state index is 9.75. The van der Waals surface area contributed by atoms with E-state index in [0.29, 0.717) is 5.82 Å². The van der Waals surface area contributed by atoms with Gasteiger partial charge in [0, 0.05) is 10.5 Å². The molecule has 0 amide bonds. The van der Waals surface area contributed by atoms with Gasteiger partial charge in [0.25, 0.3) is 0 Å². The minimum Gasteiger partial charge on any atom is -0.418 e. The van der Waals surface area contributed by atoms with Crippen LogP contribution in [0, 0.1) is 12.3 Å². The second kappa shape index (κ2) is 5.99. The molecule has 19 heavy (non-hydrogen) atoms. The molecule has 0 saturated carbocycles. The van der Waals surface area contributed by atoms with Crippen LogP contribution in [0.1, 0.15) is 5.56 Å². The summed E-state index contributed by atoms with van der Waals surface area (Å²) in [7, 11) is -6.00. The molecule has 0 radical (unpaired) electrons. The maximum absolute atomic E-state index is 9.75. The molecule has 9 heteroatoms. The molecule has 0 aliphatic carbocycles. The van der Waals surface area contributed by atoms with Gasteiger partial charge in [-0.05, 0) is 6.92 Å². The van der Waals surface area contributed by atoms with Crippen LogP contribution in [0.25, 0.3) is 16.2 Å². The summed E-state index contributed by atoms with van der Waals surface area (Å²) in [6.45, 7) is 2.03. The van der Waals surface area contributed by atoms with Gasteiger partial charge in [-0.2, -0.15) is 5.10 Å². The third-order valence-electron chi connectivity index (χ3n) is 2.03. The van der Waals surface area contributed by atoms with Crippen LogP contribution in [-0.2, 0) is 0 Å². The van der Waals surface area contributed by atoms with Gasteiger partial charge in [0.15, 0.2) is 0 Å². The van der Waals surface area contributed by atoms with Crippen LogP contribution in [0.15, 0.2) is 30.3 Å². The number of halogens is 4. The first-order chi connectivity index (χ1) is 8.79. The zero-order valence-electron chi connectivity index (χ0n) is 9.82. The maximum Gasteiger partial charge on any atom is 0.673 e. The topological polar surface area (TPSA) is 56.8 Å². The van der Waals surface area contributed by atoms with E-state index in [-0.39, 0.29) is 0 Å². The van der Waals surface area contributed by atoms with Gasteiger partial charge in [0.2, 0.25) is 0 Å². The molecule has 4 nitrogen and oxygen atoms in total. The summed E-state index contributed by atoms with van der Waals surface area (Å²) in [5.74, 6) is 0.292. The Balaban J connectivity index is 0.000000312. The van der Waals surface area contributed by atoms with Crippen LogP contribution < -0.4 is 0 Å². The number of diazo groups is 1. The molecule has 1 N–H and O–H groups in total. The molecular weight excluding hydrogens is 263 g/mol. The van der Waals surface area contributed by atoms with Crippen LogP contribution in [0.5, 0.6) is 0 Å². The predicted octanol–water partition coefficient (Wildman–Crippen LogP) is 4.17. The molecule has 2 aromatic rings. The Morgan fingerprint density at radius 2 is 1.68 bits per heavy atom. The lowest BCUT2D eigenvalue weighted by atomic mass is 10.1. The van der Waals surface area contributed by atoms with Crippen LogP contribution in [0.4, 0.5) is 23.1 Å². The van der Waals surface area contributed by atoms with Crippen molar-refractivity contribution in [1.82, 2.24) is 10.2 Å². The summed E-state index contributed by atoms with van der Waals surface area (Å²) < 4.78 is 39.0. The quantitative estimate of drug-likeness (QED) is 0.481. The van der Waals surface area contributed by atoms with E-state index in [1.165, 1.54) is 5.56 Å². The minimum atomic E-state index is -6.00. The van der Waals surface area contributed by atoms with Crippen molar-refractivity contribution in [1.29, 1.82) is 5.39 Å². The lowest BCUT2D eigenvalue weighted by Crippen LogP contribution is -2.02. The third kappa shape index (κ3) is 5.67. The molecule has 0 bridgehead atoms. The number of aromatic nitrogens is 2. The van der Waals surface area contributed by atoms with Crippen LogP contribution in [0.3, 0.4) is 0 Å². The first-order valence-electron chi connectivity index (χ1n) is 5.14. The number of hydrogen-bond acceptors (Lipinski definition) is 2. The SMILES string of the molecule is Cc1ccc(-c2cc([N+]#N)n[nH]2)cc1.F[B-](F)(F)F. The fourth-order valence-corrected chi connectivity index (χ4v) is 1.24. The molecule has 1 heterocycles. The van der Waals surface area contributed by atoms with Crippen LogP contribution in [-0.4, -0.2) is 17.5 Å². The Hall–Kier alpha value is -2.37. The second-order valence-electron chi connectivity index (χ2n) is 3.60. The highest BCUT2D eigenvalue weighted by Crippen LogP contribution is 2.21. The Morgan fingerprint density at radius 1 is 1.16 bits per heavy atom. The minimum absolute atomic E-state index is 0.292. The third-order valence-corrected chi connectivity index (χ3v) is 2.03. The van der Waals surface area contributed by atoms with Crippen molar-refractivity contribution >= 4 is 13.1 Å². The summed E-state index contributed by atoms with van der Waals surface area (Å²) in [6.07, 6.45) is 0. The highest BCUT2D eigenvalue weighted by atomic mass is 19.5. The van der Waals surface area contributed by atoms with Crippen molar-refractivity contribution < 1.29 is 17.3 Å². The molecule has 0 fully saturated rings. The Bertz CT molecular complexity index is 564. The Kier molecular flexibility index (Phi) is 4.64. The number of H-pyrrole nitrogens is 1. The monoisotopic (exact) mass is 272 g/mol. The van der Waals surface area contributed by atoms with Crippen LogP contribution >= 0.6 is 0 Å². The van der Waals surface area contributed by atoms with E-state index >= 15 is 0 Å². The molecule has 0 atom stereocenters. The normalized spacial score (nSPS) is 10.3. The van der Waals surface area contributed by atoms with E-state index in [4.69, 9.17) is 5.39 Å².